The van der Waals surface area contributed by atoms with Crippen molar-refractivity contribution < 1.29 is 12.8 Å². The van der Waals surface area contributed by atoms with Crippen molar-refractivity contribution in [3.63, 3.8) is 0 Å². The number of hydrogen-bond donors (Lipinski definition) is 2. The van der Waals surface area contributed by atoms with Gasteiger partial charge in [0.05, 0.1) is 4.47 Å². The minimum atomic E-state index is -3.81. The monoisotopic (exact) mass is 336 g/mol. The van der Waals surface area contributed by atoms with Gasteiger partial charge in [0.15, 0.2) is 5.82 Å². The zero-order valence-corrected chi connectivity index (χ0v) is 12.0. The summed E-state index contributed by atoms with van der Waals surface area (Å²) < 4.78 is 40.6. The topological polar surface area (TPSA) is 58.2 Å². The van der Waals surface area contributed by atoms with Crippen LogP contribution in [0.5, 0.6) is 0 Å². The van der Waals surface area contributed by atoms with Crippen LogP contribution in [0.2, 0.25) is 0 Å². The Balaban J connectivity index is 2.22. The Morgan fingerprint density at radius 2 is 2.22 bits per heavy atom. The van der Waals surface area contributed by atoms with Gasteiger partial charge < -0.3 is 5.32 Å². The summed E-state index contributed by atoms with van der Waals surface area (Å²) >= 11 is 2.98. The van der Waals surface area contributed by atoms with Gasteiger partial charge in [-0.1, -0.05) is 6.07 Å². The molecule has 0 aliphatic carbocycles. The number of hydrogen-bond acceptors (Lipinski definition) is 3. The van der Waals surface area contributed by atoms with E-state index in [0.29, 0.717) is 6.54 Å². The van der Waals surface area contributed by atoms with Crippen LogP contribution in [0.4, 0.5) is 4.39 Å². The van der Waals surface area contributed by atoms with Gasteiger partial charge in [-0.15, -0.1) is 0 Å². The van der Waals surface area contributed by atoms with Gasteiger partial charge in [0.2, 0.25) is 10.0 Å². The van der Waals surface area contributed by atoms with E-state index in [9.17, 15) is 12.8 Å². The molecule has 1 fully saturated rings. The van der Waals surface area contributed by atoms with Gasteiger partial charge in [0, 0.05) is 12.6 Å². The summed E-state index contributed by atoms with van der Waals surface area (Å²) in [4.78, 5) is -0.317. The predicted octanol–water partition coefficient (Wildman–Crippen LogP) is 1.62. The van der Waals surface area contributed by atoms with E-state index in [4.69, 9.17) is 0 Å². The number of rotatable bonds is 3. The SMILES string of the molecule is O=S(=O)(NC1CCCNC1)c1cccc(Br)c1F. The van der Waals surface area contributed by atoms with Crippen LogP contribution in [0.1, 0.15) is 12.8 Å². The predicted molar refractivity (Wildman–Crippen MR) is 70.3 cm³/mol. The maximum Gasteiger partial charge on any atom is 0.243 e. The highest BCUT2D eigenvalue weighted by Gasteiger charge is 2.25. The van der Waals surface area contributed by atoms with Gasteiger partial charge in [-0.2, -0.15) is 0 Å². The van der Waals surface area contributed by atoms with E-state index in [1.807, 2.05) is 0 Å². The van der Waals surface area contributed by atoms with E-state index in [0.717, 1.165) is 19.4 Å². The lowest BCUT2D eigenvalue weighted by Crippen LogP contribution is -2.45. The van der Waals surface area contributed by atoms with Crippen LogP contribution in [0.25, 0.3) is 0 Å². The fourth-order valence-electron chi connectivity index (χ4n) is 1.93. The standard InChI is InChI=1S/C11H14BrFN2O2S/c12-9-4-1-5-10(11(9)13)18(16,17)15-8-3-2-6-14-7-8/h1,4-5,8,14-15H,2-3,6-7H2. The number of nitrogens with one attached hydrogen (secondary N) is 2. The van der Waals surface area contributed by atoms with Gasteiger partial charge in [-0.05, 0) is 47.4 Å². The van der Waals surface area contributed by atoms with Crippen molar-refractivity contribution in [2.45, 2.75) is 23.8 Å². The Morgan fingerprint density at radius 3 is 2.89 bits per heavy atom. The minimum Gasteiger partial charge on any atom is -0.315 e. The van der Waals surface area contributed by atoms with Crippen molar-refractivity contribution in [1.29, 1.82) is 0 Å². The first-order valence-corrected chi connectivity index (χ1v) is 7.95. The van der Waals surface area contributed by atoms with E-state index < -0.39 is 15.8 Å². The summed E-state index contributed by atoms with van der Waals surface area (Å²) in [6, 6.07) is 4.05. The van der Waals surface area contributed by atoms with Gasteiger partial charge in [-0.25, -0.2) is 17.5 Å². The third-order valence-corrected chi connectivity index (χ3v) is 4.97. The van der Waals surface area contributed by atoms with Crippen molar-refractivity contribution >= 4 is 26.0 Å². The zero-order chi connectivity index (χ0) is 13.2. The van der Waals surface area contributed by atoms with Crippen LogP contribution >= 0.6 is 15.9 Å². The zero-order valence-electron chi connectivity index (χ0n) is 9.62. The summed E-state index contributed by atoms with van der Waals surface area (Å²) in [5.41, 5.74) is 0. The highest BCUT2D eigenvalue weighted by Crippen LogP contribution is 2.22. The van der Waals surface area contributed by atoms with E-state index in [1.165, 1.54) is 18.2 Å². The summed E-state index contributed by atoms with van der Waals surface area (Å²) in [6.07, 6.45) is 1.68. The highest BCUT2D eigenvalue weighted by molar-refractivity contribution is 9.10. The molecule has 0 bridgehead atoms. The van der Waals surface area contributed by atoms with Crippen LogP contribution in [0.3, 0.4) is 0 Å². The molecule has 100 valence electrons. The second-order valence-corrected chi connectivity index (χ2v) is 6.75. The third kappa shape index (κ3) is 3.09. The summed E-state index contributed by atoms with van der Waals surface area (Å²) in [5.74, 6) is -0.756. The molecule has 18 heavy (non-hydrogen) atoms. The first kappa shape index (κ1) is 13.9. The fraction of sp³-hybridized carbons (Fsp3) is 0.455. The molecule has 1 atom stereocenters. The molecule has 2 rings (SSSR count). The molecule has 1 aliphatic rings. The molecule has 1 saturated heterocycles. The molecule has 0 saturated carbocycles. The maximum absolute atomic E-state index is 13.8. The summed E-state index contributed by atoms with van der Waals surface area (Å²) in [7, 11) is -3.81. The molecule has 2 N–H and O–H groups in total. The molecule has 1 aliphatic heterocycles. The lowest BCUT2D eigenvalue weighted by Gasteiger charge is -2.23. The maximum atomic E-state index is 13.8. The van der Waals surface area contributed by atoms with Crippen molar-refractivity contribution in [3.8, 4) is 0 Å². The van der Waals surface area contributed by atoms with E-state index in [1.54, 1.807) is 0 Å². The van der Waals surface area contributed by atoms with Crippen LogP contribution < -0.4 is 10.0 Å². The molecule has 4 nitrogen and oxygen atoms in total. The second kappa shape index (κ2) is 5.64. The Bertz CT molecular complexity index is 530. The number of piperidine rings is 1. The molecule has 1 heterocycles. The molecule has 0 spiro atoms. The van der Waals surface area contributed by atoms with Gasteiger partial charge in [-0.3, -0.25) is 0 Å². The normalized spacial score (nSPS) is 20.9. The van der Waals surface area contributed by atoms with Crippen LogP contribution in [-0.2, 0) is 10.0 Å². The lowest BCUT2D eigenvalue weighted by atomic mass is 10.1. The molecule has 1 aromatic rings. The van der Waals surface area contributed by atoms with Gasteiger partial charge in [0.25, 0.3) is 0 Å². The van der Waals surface area contributed by atoms with Crippen LogP contribution in [0.15, 0.2) is 27.6 Å². The Kier molecular flexibility index (Phi) is 4.37. The molecule has 0 radical (unpaired) electrons. The number of sulfonamides is 1. The van der Waals surface area contributed by atoms with Crippen molar-refractivity contribution in [2.75, 3.05) is 13.1 Å². The molecule has 7 heteroatoms. The molecule has 1 aromatic carbocycles. The average molecular weight is 337 g/mol. The lowest BCUT2D eigenvalue weighted by molar-refractivity contribution is 0.427. The first-order valence-electron chi connectivity index (χ1n) is 5.68. The molecule has 1 unspecified atom stereocenters. The number of halogens is 2. The van der Waals surface area contributed by atoms with Crippen molar-refractivity contribution in [3.05, 3.63) is 28.5 Å². The largest absolute Gasteiger partial charge is 0.315 e. The van der Waals surface area contributed by atoms with E-state index >= 15 is 0 Å². The van der Waals surface area contributed by atoms with E-state index in [2.05, 4.69) is 26.0 Å². The van der Waals surface area contributed by atoms with Gasteiger partial charge >= 0.3 is 0 Å². The average Bonchev–Trinajstić information content (AvgIpc) is 2.33. The fourth-order valence-corrected chi connectivity index (χ4v) is 3.79. The Labute approximate surface area is 114 Å². The molecular formula is C11H14BrFN2O2S. The molecule has 0 amide bonds. The van der Waals surface area contributed by atoms with Crippen LogP contribution in [0, 0.1) is 5.82 Å². The van der Waals surface area contributed by atoms with Crippen LogP contribution in [-0.4, -0.2) is 27.5 Å². The van der Waals surface area contributed by atoms with Crippen molar-refractivity contribution in [2.24, 2.45) is 0 Å². The van der Waals surface area contributed by atoms with E-state index in [-0.39, 0.29) is 15.4 Å². The second-order valence-electron chi connectivity index (χ2n) is 4.22. The summed E-state index contributed by atoms with van der Waals surface area (Å²) in [6.45, 7) is 1.47. The summed E-state index contributed by atoms with van der Waals surface area (Å²) in [5, 5.41) is 3.10. The van der Waals surface area contributed by atoms with Gasteiger partial charge in [0.1, 0.15) is 4.90 Å². The first-order chi connectivity index (χ1) is 8.50. The quantitative estimate of drug-likeness (QED) is 0.881. The number of benzene rings is 1. The minimum absolute atomic E-state index is 0.146. The van der Waals surface area contributed by atoms with Crippen molar-refractivity contribution in [1.82, 2.24) is 10.0 Å². The highest BCUT2D eigenvalue weighted by atomic mass is 79.9. The smallest absolute Gasteiger partial charge is 0.243 e. The third-order valence-electron chi connectivity index (χ3n) is 2.82. The molecule has 0 aromatic heterocycles. The Hall–Kier alpha value is -0.500. The Morgan fingerprint density at radius 1 is 1.44 bits per heavy atom. The molecular weight excluding hydrogens is 323 g/mol.